The number of halogens is 2. The molecule has 0 spiro atoms. The molecule has 0 saturated carbocycles. The van der Waals surface area contributed by atoms with Crippen LogP contribution in [-0.4, -0.2) is 16.9 Å². The molecule has 3 nitrogen and oxygen atoms in total. The second kappa shape index (κ2) is 3.53. The maximum atomic E-state index is 12.5. The summed E-state index contributed by atoms with van der Waals surface area (Å²) in [6.45, 7) is 0. The number of ketones is 1. The van der Waals surface area contributed by atoms with E-state index in [0.29, 0.717) is 0 Å². The van der Waals surface area contributed by atoms with Crippen LogP contribution in [0.1, 0.15) is 10.4 Å². The highest BCUT2D eigenvalue weighted by molar-refractivity contribution is 6.44. The van der Waals surface area contributed by atoms with E-state index in [1.807, 2.05) is 0 Å². The molecule has 0 atom stereocenters. The van der Waals surface area contributed by atoms with Gasteiger partial charge in [-0.2, -0.15) is 0 Å². The minimum absolute atomic E-state index is 0.201. The van der Waals surface area contributed by atoms with E-state index in [1.54, 1.807) is 0 Å². The molecule has 0 fully saturated rings. The smallest absolute Gasteiger partial charge is 0.377 e. The highest BCUT2D eigenvalue weighted by Gasteiger charge is 2.17. The number of rotatable bonds is 2. The maximum absolute atomic E-state index is 12.5. The van der Waals surface area contributed by atoms with Crippen molar-refractivity contribution in [1.82, 2.24) is 0 Å². The molecule has 0 saturated heterocycles. The van der Waals surface area contributed by atoms with E-state index >= 15 is 0 Å². The lowest BCUT2D eigenvalue weighted by Crippen LogP contribution is -2.13. The fourth-order valence-corrected chi connectivity index (χ4v) is 1.04. The Morgan fingerprint density at radius 3 is 2.46 bits per heavy atom. The summed E-state index contributed by atoms with van der Waals surface area (Å²) in [5.41, 5.74) is -0.212. The first kappa shape index (κ1) is 9.67. The normalized spacial score (nSPS) is 9.69. The molecule has 0 aliphatic rings. The molecule has 68 valence electrons. The van der Waals surface area contributed by atoms with Crippen molar-refractivity contribution >= 4 is 23.4 Å². The van der Waals surface area contributed by atoms with Gasteiger partial charge in [-0.15, -0.1) is 0 Å². The lowest BCUT2D eigenvalue weighted by atomic mass is 10.1. The van der Waals surface area contributed by atoms with Crippen molar-refractivity contribution in [3.63, 3.8) is 0 Å². The fourth-order valence-electron chi connectivity index (χ4n) is 0.789. The van der Waals surface area contributed by atoms with Crippen LogP contribution in [0.25, 0.3) is 0 Å². The van der Waals surface area contributed by atoms with Crippen LogP contribution in [0.15, 0.2) is 18.2 Å². The van der Waals surface area contributed by atoms with Crippen LogP contribution in [0.5, 0.6) is 0 Å². The predicted molar refractivity (Wildman–Crippen MR) is 43.4 cm³/mol. The predicted octanol–water partition coefficient (Wildman–Crippen LogP) is 1.75. The average Bonchev–Trinajstić information content (AvgIpc) is 2.03. The number of hydrogen-bond acceptors (Lipinski definition) is 2. The summed E-state index contributed by atoms with van der Waals surface area (Å²) < 4.78 is 12.5. The molecule has 0 unspecified atom stereocenters. The standard InChI is InChI=1S/C8H4ClFO3/c9-6-3-4(10)1-2-5(6)7(11)8(12)13/h1-3H,(H,12,13). The van der Waals surface area contributed by atoms with Gasteiger partial charge in [-0.1, -0.05) is 11.6 Å². The Morgan fingerprint density at radius 2 is 2.00 bits per heavy atom. The van der Waals surface area contributed by atoms with E-state index in [9.17, 15) is 14.0 Å². The second-order valence-electron chi connectivity index (χ2n) is 2.26. The van der Waals surface area contributed by atoms with E-state index in [2.05, 4.69) is 0 Å². The summed E-state index contributed by atoms with van der Waals surface area (Å²) in [6, 6.07) is 2.90. The summed E-state index contributed by atoms with van der Waals surface area (Å²) in [5, 5.41) is 8.13. The van der Waals surface area contributed by atoms with Crippen LogP contribution in [0.2, 0.25) is 5.02 Å². The number of carbonyl (C=O) groups excluding carboxylic acids is 1. The number of Topliss-reactive ketones (excluding diaryl/α,β-unsaturated/α-hetero) is 1. The van der Waals surface area contributed by atoms with Gasteiger partial charge in [0.05, 0.1) is 5.02 Å². The zero-order chi connectivity index (χ0) is 10.0. The number of carboxylic acid groups (broad SMARTS) is 1. The average molecular weight is 203 g/mol. The number of aliphatic carboxylic acids is 1. The number of carboxylic acids is 1. The van der Waals surface area contributed by atoms with Gasteiger partial charge < -0.3 is 5.11 Å². The van der Waals surface area contributed by atoms with Crippen molar-refractivity contribution in [3.05, 3.63) is 34.6 Å². The van der Waals surface area contributed by atoms with Crippen LogP contribution in [0.3, 0.4) is 0 Å². The highest BCUT2D eigenvalue weighted by Crippen LogP contribution is 2.17. The Balaban J connectivity index is 3.16. The monoisotopic (exact) mass is 202 g/mol. The van der Waals surface area contributed by atoms with Gasteiger partial charge in [-0.3, -0.25) is 4.79 Å². The van der Waals surface area contributed by atoms with Gasteiger partial charge in [0.25, 0.3) is 5.78 Å². The van der Waals surface area contributed by atoms with Gasteiger partial charge in [-0.25, -0.2) is 9.18 Å². The summed E-state index contributed by atoms with van der Waals surface area (Å²) in [5.74, 6) is -3.38. The number of benzene rings is 1. The van der Waals surface area contributed by atoms with Crippen LogP contribution in [-0.2, 0) is 4.79 Å². The van der Waals surface area contributed by atoms with Gasteiger partial charge in [0.1, 0.15) is 5.82 Å². The molecule has 0 bridgehead atoms. The zero-order valence-electron chi connectivity index (χ0n) is 6.25. The van der Waals surface area contributed by atoms with Crippen molar-refractivity contribution in [2.24, 2.45) is 0 Å². The lowest BCUT2D eigenvalue weighted by molar-refractivity contribution is -0.131. The SMILES string of the molecule is O=C(O)C(=O)c1ccc(F)cc1Cl. The molecule has 13 heavy (non-hydrogen) atoms. The third-order valence-electron chi connectivity index (χ3n) is 1.37. The minimum Gasteiger partial charge on any atom is -0.475 e. The first-order valence-electron chi connectivity index (χ1n) is 3.25. The molecular weight excluding hydrogens is 199 g/mol. The molecule has 0 aromatic heterocycles. The number of carbonyl (C=O) groups is 2. The van der Waals surface area contributed by atoms with Gasteiger partial charge in [0.2, 0.25) is 0 Å². The number of hydrogen-bond donors (Lipinski definition) is 1. The van der Waals surface area contributed by atoms with E-state index in [-0.39, 0.29) is 10.6 Å². The van der Waals surface area contributed by atoms with E-state index < -0.39 is 17.6 Å². The van der Waals surface area contributed by atoms with Crippen molar-refractivity contribution < 1.29 is 19.1 Å². The van der Waals surface area contributed by atoms with Gasteiger partial charge in [-0.05, 0) is 18.2 Å². The van der Waals surface area contributed by atoms with E-state index in [1.165, 1.54) is 0 Å². The van der Waals surface area contributed by atoms with Crippen molar-refractivity contribution in [2.75, 3.05) is 0 Å². The Hall–Kier alpha value is -1.42. The largest absolute Gasteiger partial charge is 0.475 e. The van der Waals surface area contributed by atoms with Crippen LogP contribution in [0, 0.1) is 5.82 Å². The van der Waals surface area contributed by atoms with Crippen LogP contribution in [0.4, 0.5) is 4.39 Å². The summed E-state index contributed by atoms with van der Waals surface area (Å²) >= 11 is 5.44. The van der Waals surface area contributed by atoms with Gasteiger partial charge in [0, 0.05) is 5.56 Å². The fraction of sp³-hybridized carbons (Fsp3) is 0. The van der Waals surface area contributed by atoms with Crippen LogP contribution < -0.4 is 0 Å². The quantitative estimate of drug-likeness (QED) is 0.587. The van der Waals surface area contributed by atoms with Crippen LogP contribution >= 0.6 is 11.6 Å². The third kappa shape index (κ3) is 2.03. The Bertz CT molecular complexity index is 376. The topological polar surface area (TPSA) is 54.4 Å². The Kier molecular flexibility index (Phi) is 2.63. The molecule has 0 radical (unpaired) electrons. The van der Waals surface area contributed by atoms with Gasteiger partial charge in [0.15, 0.2) is 0 Å². The zero-order valence-corrected chi connectivity index (χ0v) is 7.01. The molecule has 1 N–H and O–H groups in total. The molecule has 1 aromatic carbocycles. The molecule has 5 heteroatoms. The Labute approximate surface area is 77.7 Å². The first-order chi connectivity index (χ1) is 6.02. The Morgan fingerprint density at radius 1 is 1.38 bits per heavy atom. The summed E-state index contributed by atoms with van der Waals surface area (Å²) in [7, 11) is 0. The summed E-state index contributed by atoms with van der Waals surface area (Å²) in [6.07, 6.45) is 0. The van der Waals surface area contributed by atoms with Gasteiger partial charge >= 0.3 is 5.97 Å². The molecule has 0 heterocycles. The molecule has 0 aliphatic heterocycles. The maximum Gasteiger partial charge on any atom is 0.377 e. The van der Waals surface area contributed by atoms with Crippen molar-refractivity contribution in [3.8, 4) is 0 Å². The second-order valence-corrected chi connectivity index (χ2v) is 2.67. The highest BCUT2D eigenvalue weighted by atomic mass is 35.5. The summed E-state index contributed by atoms with van der Waals surface area (Å²) in [4.78, 5) is 21.1. The van der Waals surface area contributed by atoms with E-state index in [4.69, 9.17) is 16.7 Å². The lowest BCUT2D eigenvalue weighted by Gasteiger charge is -1.98. The molecule has 1 aromatic rings. The molecule has 1 rings (SSSR count). The van der Waals surface area contributed by atoms with Crippen molar-refractivity contribution in [2.45, 2.75) is 0 Å². The third-order valence-corrected chi connectivity index (χ3v) is 1.68. The minimum atomic E-state index is -1.62. The van der Waals surface area contributed by atoms with Crippen molar-refractivity contribution in [1.29, 1.82) is 0 Å². The molecule has 0 amide bonds. The molecule has 0 aliphatic carbocycles. The molecular formula is C8H4ClFO3. The van der Waals surface area contributed by atoms with E-state index in [0.717, 1.165) is 18.2 Å². The first-order valence-corrected chi connectivity index (χ1v) is 3.63.